The number of benzene rings is 1. The number of rotatable bonds is 4. The Morgan fingerprint density at radius 2 is 2.20 bits per heavy atom. The molecule has 0 amide bonds. The Morgan fingerprint density at radius 1 is 1.30 bits per heavy atom. The molecule has 0 aliphatic carbocycles. The lowest BCUT2D eigenvalue weighted by atomic mass is 10.0. The van der Waals surface area contributed by atoms with Crippen LogP contribution in [0.15, 0.2) is 36.5 Å². The van der Waals surface area contributed by atoms with Crippen LogP contribution in [0.2, 0.25) is 0 Å². The minimum Gasteiger partial charge on any atom is -0.368 e. The lowest BCUT2D eigenvalue weighted by molar-refractivity contribution is 0.424. The van der Waals surface area contributed by atoms with Crippen LogP contribution >= 0.6 is 0 Å². The zero-order chi connectivity index (χ0) is 13.8. The summed E-state index contributed by atoms with van der Waals surface area (Å²) in [6, 6.07) is 11.3. The standard InChI is InChI=1S/C17H23N3/c1-2-10-18-15-8-5-12-20(13-15)16-9-3-6-14-7-4-11-19-17(14)16/h3-4,6-7,9,11,15,18H,2,5,8,10,12-13H2,1H3. The molecule has 1 aromatic carbocycles. The van der Waals surface area contributed by atoms with Crippen LogP contribution in [0.3, 0.4) is 0 Å². The maximum atomic E-state index is 4.58. The van der Waals surface area contributed by atoms with Crippen LogP contribution in [-0.4, -0.2) is 30.7 Å². The first-order chi connectivity index (χ1) is 9.88. The first-order valence-corrected chi connectivity index (χ1v) is 7.70. The Morgan fingerprint density at radius 3 is 3.10 bits per heavy atom. The molecule has 1 aliphatic rings. The number of anilines is 1. The average Bonchev–Trinajstić information content (AvgIpc) is 2.52. The largest absolute Gasteiger partial charge is 0.368 e. The number of fused-ring (bicyclic) bond motifs is 1. The van der Waals surface area contributed by atoms with Gasteiger partial charge in [0.15, 0.2) is 0 Å². The van der Waals surface area contributed by atoms with Crippen molar-refractivity contribution in [2.24, 2.45) is 0 Å². The number of piperidine rings is 1. The number of nitrogens with zero attached hydrogens (tertiary/aromatic N) is 2. The molecule has 0 bridgehead atoms. The molecule has 1 fully saturated rings. The van der Waals surface area contributed by atoms with Gasteiger partial charge in [-0.25, -0.2) is 0 Å². The quantitative estimate of drug-likeness (QED) is 0.924. The van der Waals surface area contributed by atoms with E-state index in [1.54, 1.807) is 0 Å². The predicted molar refractivity (Wildman–Crippen MR) is 85.3 cm³/mol. The maximum Gasteiger partial charge on any atom is 0.0935 e. The highest BCUT2D eigenvalue weighted by Gasteiger charge is 2.20. The van der Waals surface area contributed by atoms with E-state index in [9.17, 15) is 0 Å². The van der Waals surface area contributed by atoms with Crippen molar-refractivity contribution in [2.45, 2.75) is 32.2 Å². The minimum atomic E-state index is 0.614. The van der Waals surface area contributed by atoms with E-state index in [4.69, 9.17) is 0 Å². The van der Waals surface area contributed by atoms with Crippen molar-refractivity contribution in [3.8, 4) is 0 Å². The van der Waals surface area contributed by atoms with Gasteiger partial charge in [0.1, 0.15) is 0 Å². The molecule has 3 heteroatoms. The van der Waals surface area contributed by atoms with Gasteiger partial charge in [-0.2, -0.15) is 0 Å². The van der Waals surface area contributed by atoms with Gasteiger partial charge >= 0.3 is 0 Å². The van der Waals surface area contributed by atoms with E-state index >= 15 is 0 Å². The van der Waals surface area contributed by atoms with Gasteiger partial charge in [-0.3, -0.25) is 4.98 Å². The van der Waals surface area contributed by atoms with E-state index in [1.165, 1.54) is 30.3 Å². The van der Waals surface area contributed by atoms with Crippen LogP contribution in [0.5, 0.6) is 0 Å². The summed E-state index contributed by atoms with van der Waals surface area (Å²) in [6.07, 6.45) is 5.63. The van der Waals surface area contributed by atoms with E-state index in [-0.39, 0.29) is 0 Å². The number of nitrogens with one attached hydrogen (secondary N) is 1. The molecular formula is C17H23N3. The smallest absolute Gasteiger partial charge is 0.0935 e. The lowest BCUT2D eigenvalue weighted by Gasteiger charge is -2.35. The molecule has 0 spiro atoms. The molecule has 1 N–H and O–H groups in total. The molecule has 1 aliphatic heterocycles. The van der Waals surface area contributed by atoms with E-state index < -0.39 is 0 Å². The van der Waals surface area contributed by atoms with E-state index in [0.717, 1.165) is 25.2 Å². The molecule has 2 aromatic rings. The summed E-state index contributed by atoms with van der Waals surface area (Å²) >= 11 is 0. The van der Waals surface area contributed by atoms with Gasteiger partial charge in [0, 0.05) is 30.7 Å². The molecule has 1 unspecified atom stereocenters. The molecule has 3 rings (SSSR count). The Kier molecular flexibility index (Phi) is 4.16. The highest BCUT2D eigenvalue weighted by Crippen LogP contribution is 2.27. The van der Waals surface area contributed by atoms with Crippen LogP contribution in [0.1, 0.15) is 26.2 Å². The summed E-state index contributed by atoms with van der Waals surface area (Å²) in [6.45, 7) is 5.57. The van der Waals surface area contributed by atoms with E-state index in [2.05, 4.69) is 46.4 Å². The Bertz CT molecular complexity index is 562. The second-order valence-electron chi connectivity index (χ2n) is 5.59. The SMILES string of the molecule is CCCNC1CCCN(c2cccc3cccnc23)C1. The first-order valence-electron chi connectivity index (χ1n) is 7.70. The Labute approximate surface area is 121 Å². The number of hydrogen-bond donors (Lipinski definition) is 1. The normalized spacial score (nSPS) is 19.4. The number of pyridine rings is 1. The highest BCUT2D eigenvalue weighted by molar-refractivity contribution is 5.90. The molecule has 20 heavy (non-hydrogen) atoms. The third-order valence-electron chi connectivity index (χ3n) is 4.06. The van der Waals surface area contributed by atoms with Gasteiger partial charge in [-0.05, 0) is 37.9 Å². The van der Waals surface area contributed by atoms with Gasteiger partial charge in [0.2, 0.25) is 0 Å². The third kappa shape index (κ3) is 2.78. The molecule has 2 heterocycles. The van der Waals surface area contributed by atoms with Crippen molar-refractivity contribution < 1.29 is 0 Å². The van der Waals surface area contributed by atoms with E-state index in [1.807, 2.05) is 12.3 Å². The fraction of sp³-hybridized carbons (Fsp3) is 0.471. The number of hydrogen-bond acceptors (Lipinski definition) is 3. The molecule has 1 saturated heterocycles. The number of aromatic nitrogens is 1. The van der Waals surface area contributed by atoms with Crippen molar-refractivity contribution in [3.63, 3.8) is 0 Å². The molecule has 0 radical (unpaired) electrons. The summed E-state index contributed by atoms with van der Waals surface area (Å²) in [5.74, 6) is 0. The zero-order valence-corrected chi connectivity index (χ0v) is 12.2. The molecule has 1 atom stereocenters. The summed E-state index contributed by atoms with van der Waals surface area (Å²) in [7, 11) is 0. The van der Waals surface area contributed by atoms with Crippen LogP contribution in [0.4, 0.5) is 5.69 Å². The van der Waals surface area contributed by atoms with Crippen molar-refractivity contribution in [1.29, 1.82) is 0 Å². The Balaban J connectivity index is 1.83. The predicted octanol–water partition coefficient (Wildman–Crippen LogP) is 3.20. The second kappa shape index (κ2) is 6.23. The number of para-hydroxylation sites is 1. The van der Waals surface area contributed by atoms with Crippen molar-refractivity contribution in [1.82, 2.24) is 10.3 Å². The fourth-order valence-corrected chi connectivity index (χ4v) is 3.05. The van der Waals surface area contributed by atoms with Gasteiger partial charge in [0.05, 0.1) is 11.2 Å². The third-order valence-corrected chi connectivity index (χ3v) is 4.06. The van der Waals surface area contributed by atoms with Crippen molar-refractivity contribution >= 4 is 16.6 Å². The maximum absolute atomic E-state index is 4.58. The molecule has 3 nitrogen and oxygen atoms in total. The van der Waals surface area contributed by atoms with Crippen LogP contribution in [0.25, 0.3) is 10.9 Å². The minimum absolute atomic E-state index is 0.614. The molecule has 0 saturated carbocycles. The first kappa shape index (κ1) is 13.4. The van der Waals surface area contributed by atoms with Crippen LogP contribution in [0, 0.1) is 0 Å². The topological polar surface area (TPSA) is 28.2 Å². The summed E-state index contributed by atoms with van der Waals surface area (Å²) in [5.41, 5.74) is 2.41. The van der Waals surface area contributed by atoms with Gasteiger partial charge in [-0.15, -0.1) is 0 Å². The monoisotopic (exact) mass is 269 g/mol. The van der Waals surface area contributed by atoms with Crippen molar-refractivity contribution in [2.75, 3.05) is 24.5 Å². The van der Waals surface area contributed by atoms with Gasteiger partial charge in [0.25, 0.3) is 0 Å². The molecule has 106 valence electrons. The summed E-state index contributed by atoms with van der Waals surface area (Å²) < 4.78 is 0. The van der Waals surface area contributed by atoms with Crippen LogP contribution in [-0.2, 0) is 0 Å². The van der Waals surface area contributed by atoms with Crippen molar-refractivity contribution in [3.05, 3.63) is 36.5 Å². The lowest BCUT2D eigenvalue weighted by Crippen LogP contribution is -2.46. The fourth-order valence-electron chi connectivity index (χ4n) is 3.05. The molecule has 1 aromatic heterocycles. The second-order valence-corrected chi connectivity index (χ2v) is 5.59. The summed E-state index contributed by atoms with van der Waals surface area (Å²) in [4.78, 5) is 7.07. The van der Waals surface area contributed by atoms with Gasteiger partial charge in [-0.1, -0.05) is 25.1 Å². The average molecular weight is 269 g/mol. The zero-order valence-electron chi connectivity index (χ0n) is 12.2. The van der Waals surface area contributed by atoms with E-state index in [0.29, 0.717) is 6.04 Å². The Hall–Kier alpha value is -1.61. The summed E-state index contributed by atoms with van der Waals surface area (Å²) in [5, 5.41) is 4.89. The molecular weight excluding hydrogens is 246 g/mol. The van der Waals surface area contributed by atoms with Gasteiger partial charge < -0.3 is 10.2 Å². The highest BCUT2D eigenvalue weighted by atomic mass is 15.2. The van der Waals surface area contributed by atoms with Crippen LogP contribution < -0.4 is 10.2 Å².